The van der Waals surface area contributed by atoms with E-state index in [1.165, 1.54) is 0 Å². The molecule has 0 saturated heterocycles. The Hall–Kier alpha value is -0.990. The van der Waals surface area contributed by atoms with E-state index in [0.717, 1.165) is 28.0 Å². The minimum atomic E-state index is 0.113. The maximum Gasteiger partial charge on any atom is 0.137 e. The molecular formula is C11H12ClNO. The lowest BCUT2D eigenvalue weighted by atomic mass is 10.1. The second kappa shape index (κ2) is 3.64. The Morgan fingerprint density at radius 3 is 3.00 bits per heavy atom. The molecule has 0 aliphatic carbocycles. The van der Waals surface area contributed by atoms with Crippen molar-refractivity contribution < 1.29 is 4.42 Å². The molecule has 2 aromatic rings. The van der Waals surface area contributed by atoms with Crippen LogP contribution in [0.3, 0.4) is 0 Å². The number of furan rings is 1. The van der Waals surface area contributed by atoms with E-state index < -0.39 is 0 Å². The zero-order chi connectivity index (χ0) is 10.1. The second-order valence-corrected chi connectivity index (χ2v) is 4.02. The molecule has 1 unspecified atom stereocenters. The first-order chi connectivity index (χ1) is 6.66. The van der Waals surface area contributed by atoms with Crippen LogP contribution in [0.15, 0.2) is 28.9 Å². The van der Waals surface area contributed by atoms with Gasteiger partial charge in [-0.25, -0.2) is 0 Å². The first-order valence-corrected chi connectivity index (χ1v) is 4.96. The SMILES string of the molecule is CC(N)Cc1cc(Cl)cc2ccoc12. The Morgan fingerprint density at radius 2 is 2.29 bits per heavy atom. The van der Waals surface area contributed by atoms with Crippen LogP contribution in [0, 0.1) is 0 Å². The second-order valence-electron chi connectivity index (χ2n) is 3.59. The van der Waals surface area contributed by atoms with Crippen LogP contribution in [-0.4, -0.2) is 6.04 Å². The average molecular weight is 210 g/mol. The number of nitrogens with two attached hydrogens (primary N) is 1. The van der Waals surface area contributed by atoms with E-state index in [1.807, 2.05) is 25.1 Å². The molecule has 0 spiro atoms. The first-order valence-electron chi connectivity index (χ1n) is 4.58. The Balaban J connectivity index is 2.55. The molecule has 2 rings (SSSR count). The lowest BCUT2D eigenvalue weighted by molar-refractivity contribution is 0.606. The molecule has 1 heterocycles. The summed E-state index contributed by atoms with van der Waals surface area (Å²) in [6.07, 6.45) is 2.45. The predicted octanol–water partition coefficient (Wildman–Crippen LogP) is 2.98. The van der Waals surface area contributed by atoms with Crippen LogP contribution in [0.25, 0.3) is 11.0 Å². The molecule has 14 heavy (non-hydrogen) atoms. The van der Waals surface area contributed by atoms with Gasteiger partial charge in [0.15, 0.2) is 0 Å². The maximum absolute atomic E-state index is 5.98. The van der Waals surface area contributed by atoms with Crippen molar-refractivity contribution in [3.05, 3.63) is 35.0 Å². The van der Waals surface area contributed by atoms with Crippen molar-refractivity contribution in [2.24, 2.45) is 5.73 Å². The molecule has 74 valence electrons. The summed E-state index contributed by atoms with van der Waals surface area (Å²) in [5.74, 6) is 0. The minimum Gasteiger partial charge on any atom is -0.464 e. The fraction of sp³-hybridized carbons (Fsp3) is 0.273. The highest BCUT2D eigenvalue weighted by molar-refractivity contribution is 6.31. The molecular weight excluding hydrogens is 198 g/mol. The molecule has 1 atom stereocenters. The van der Waals surface area contributed by atoms with Gasteiger partial charge in [-0.1, -0.05) is 11.6 Å². The van der Waals surface area contributed by atoms with Crippen LogP contribution in [0.2, 0.25) is 5.02 Å². The lowest BCUT2D eigenvalue weighted by Crippen LogP contribution is -2.17. The Kier molecular flexibility index (Phi) is 2.48. The molecule has 0 fully saturated rings. The molecule has 0 amide bonds. The average Bonchev–Trinajstić information content (AvgIpc) is 2.50. The predicted molar refractivity (Wildman–Crippen MR) is 58.6 cm³/mol. The summed E-state index contributed by atoms with van der Waals surface area (Å²) in [6, 6.07) is 5.83. The fourth-order valence-corrected chi connectivity index (χ4v) is 1.86. The summed E-state index contributed by atoms with van der Waals surface area (Å²) in [6.45, 7) is 1.97. The van der Waals surface area contributed by atoms with Crippen molar-refractivity contribution in [1.29, 1.82) is 0 Å². The van der Waals surface area contributed by atoms with E-state index in [1.54, 1.807) is 6.26 Å². The molecule has 0 aliphatic rings. The van der Waals surface area contributed by atoms with Gasteiger partial charge < -0.3 is 10.2 Å². The minimum absolute atomic E-state index is 0.113. The molecule has 1 aromatic heterocycles. The van der Waals surface area contributed by atoms with Crippen LogP contribution >= 0.6 is 11.6 Å². The Morgan fingerprint density at radius 1 is 1.50 bits per heavy atom. The molecule has 3 heteroatoms. The third-order valence-electron chi connectivity index (χ3n) is 2.13. The van der Waals surface area contributed by atoms with Crippen LogP contribution in [0.5, 0.6) is 0 Å². The van der Waals surface area contributed by atoms with Crippen LogP contribution in [-0.2, 0) is 6.42 Å². The Bertz CT molecular complexity index is 447. The molecule has 0 bridgehead atoms. The largest absolute Gasteiger partial charge is 0.464 e. The Labute approximate surface area is 87.6 Å². The molecule has 1 aromatic carbocycles. The van der Waals surface area contributed by atoms with Crippen molar-refractivity contribution in [2.45, 2.75) is 19.4 Å². The number of hydrogen-bond donors (Lipinski definition) is 1. The standard InChI is InChI=1S/C11H12ClNO/c1-7(13)4-9-6-10(12)5-8-2-3-14-11(8)9/h2-3,5-7H,4,13H2,1H3. The third kappa shape index (κ3) is 1.76. The molecule has 0 radical (unpaired) electrons. The molecule has 2 nitrogen and oxygen atoms in total. The summed E-state index contributed by atoms with van der Waals surface area (Å²) < 4.78 is 5.39. The van der Waals surface area contributed by atoms with Gasteiger partial charge in [-0.2, -0.15) is 0 Å². The van der Waals surface area contributed by atoms with Crippen LogP contribution < -0.4 is 5.73 Å². The zero-order valence-electron chi connectivity index (χ0n) is 7.96. The number of fused-ring (bicyclic) bond motifs is 1. The quantitative estimate of drug-likeness (QED) is 0.826. The van der Waals surface area contributed by atoms with Crippen molar-refractivity contribution in [2.75, 3.05) is 0 Å². The van der Waals surface area contributed by atoms with E-state index in [9.17, 15) is 0 Å². The van der Waals surface area contributed by atoms with Crippen molar-refractivity contribution in [3.8, 4) is 0 Å². The number of benzene rings is 1. The summed E-state index contributed by atoms with van der Waals surface area (Å²) in [7, 11) is 0. The molecule has 0 saturated carbocycles. The van der Waals surface area contributed by atoms with Crippen LogP contribution in [0.1, 0.15) is 12.5 Å². The van der Waals surface area contributed by atoms with Crippen molar-refractivity contribution in [1.82, 2.24) is 0 Å². The zero-order valence-corrected chi connectivity index (χ0v) is 8.71. The number of halogens is 1. The van der Waals surface area contributed by atoms with Gasteiger partial charge in [-0.3, -0.25) is 0 Å². The normalized spacial score (nSPS) is 13.4. The first kappa shape index (κ1) is 9.56. The fourth-order valence-electron chi connectivity index (χ4n) is 1.61. The monoisotopic (exact) mass is 209 g/mol. The summed E-state index contributed by atoms with van der Waals surface area (Å²) in [5.41, 5.74) is 7.72. The van der Waals surface area contributed by atoms with E-state index in [4.69, 9.17) is 21.8 Å². The van der Waals surface area contributed by atoms with Gasteiger partial charge in [0.1, 0.15) is 5.58 Å². The van der Waals surface area contributed by atoms with Gasteiger partial charge in [0, 0.05) is 16.5 Å². The van der Waals surface area contributed by atoms with Crippen LogP contribution in [0.4, 0.5) is 0 Å². The lowest BCUT2D eigenvalue weighted by Gasteiger charge is -2.06. The summed E-state index contributed by atoms with van der Waals surface area (Å²) in [5, 5.41) is 1.77. The van der Waals surface area contributed by atoms with E-state index in [0.29, 0.717) is 0 Å². The highest BCUT2D eigenvalue weighted by Gasteiger charge is 2.07. The smallest absolute Gasteiger partial charge is 0.137 e. The van der Waals surface area contributed by atoms with E-state index >= 15 is 0 Å². The van der Waals surface area contributed by atoms with E-state index in [2.05, 4.69) is 0 Å². The van der Waals surface area contributed by atoms with E-state index in [-0.39, 0.29) is 6.04 Å². The number of rotatable bonds is 2. The summed E-state index contributed by atoms with van der Waals surface area (Å²) >= 11 is 5.98. The van der Waals surface area contributed by atoms with Gasteiger partial charge in [0.2, 0.25) is 0 Å². The van der Waals surface area contributed by atoms with Gasteiger partial charge >= 0.3 is 0 Å². The van der Waals surface area contributed by atoms with Crippen molar-refractivity contribution >= 4 is 22.6 Å². The molecule has 2 N–H and O–H groups in total. The van der Waals surface area contributed by atoms with Gasteiger partial charge in [-0.05, 0) is 37.1 Å². The number of hydrogen-bond acceptors (Lipinski definition) is 2. The van der Waals surface area contributed by atoms with Gasteiger partial charge in [0.25, 0.3) is 0 Å². The van der Waals surface area contributed by atoms with Crippen molar-refractivity contribution in [3.63, 3.8) is 0 Å². The highest BCUT2D eigenvalue weighted by Crippen LogP contribution is 2.25. The van der Waals surface area contributed by atoms with Gasteiger partial charge in [-0.15, -0.1) is 0 Å². The molecule has 0 aliphatic heterocycles. The summed E-state index contributed by atoms with van der Waals surface area (Å²) in [4.78, 5) is 0. The third-order valence-corrected chi connectivity index (χ3v) is 2.35. The highest BCUT2D eigenvalue weighted by atomic mass is 35.5. The topological polar surface area (TPSA) is 39.2 Å². The maximum atomic E-state index is 5.98. The van der Waals surface area contributed by atoms with Gasteiger partial charge in [0.05, 0.1) is 6.26 Å².